The van der Waals surface area contributed by atoms with Gasteiger partial charge in [0.15, 0.2) is 0 Å². The second kappa shape index (κ2) is 6.03. The average molecular weight is 299 g/mol. The second-order valence-electron chi connectivity index (χ2n) is 4.51. The Bertz CT molecular complexity index is 625. The van der Waals surface area contributed by atoms with Crippen molar-refractivity contribution in [1.29, 1.82) is 0 Å². The molecule has 0 aromatic heterocycles. The summed E-state index contributed by atoms with van der Waals surface area (Å²) in [5.74, 6) is -0.571. The molecular weight excluding hydrogens is 286 g/mol. The number of benzene rings is 2. The maximum atomic E-state index is 13.1. The summed E-state index contributed by atoms with van der Waals surface area (Å²) in [6.07, 6.45) is -4.71. The van der Waals surface area contributed by atoms with Crippen LogP contribution in [0.4, 0.5) is 23.2 Å². The molecule has 21 heavy (non-hydrogen) atoms. The summed E-state index contributed by atoms with van der Waals surface area (Å²) >= 11 is 0. The molecule has 0 spiro atoms. The summed E-state index contributed by atoms with van der Waals surface area (Å²) < 4.78 is 53.4. The third kappa shape index (κ3) is 4.66. The Labute approximate surface area is 119 Å². The fraction of sp³-hybridized carbons (Fsp3) is 0.200. The molecule has 0 saturated heterocycles. The minimum absolute atomic E-state index is 0.267. The van der Waals surface area contributed by atoms with Gasteiger partial charge in [-0.1, -0.05) is 12.1 Å². The summed E-state index contributed by atoms with van der Waals surface area (Å²) in [5, 5.41) is 3.02. The number of aryl methyl sites for hydroxylation is 1. The van der Waals surface area contributed by atoms with Crippen LogP contribution in [0, 0.1) is 12.7 Å². The first-order valence-electron chi connectivity index (χ1n) is 6.18. The van der Waals surface area contributed by atoms with E-state index in [4.69, 9.17) is 0 Å². The number of hydrogen-bond donors (Lipinski definition) is 1. The first kappa shape index (κ1) is 15.2. The molecule has 0 aliphatic rings. The van der Waals surface area contributed by atoms with Crippen LogP contribution in [0.25, 0.3) is 0 Å². The van der Waals surface area contributed by atoms with E-state index in [1.165, 1.54) is 24.3 Å². The lowest BCUT2D eigenvalue weighted by atomic mass is 10.2. The van der Waals surface area contributed by atoms with E-state index in [0.29, 0.717) is 23.4 Å². The number of alkyl halides is 3. The van der Waals surface area contributed by atoms with E-state index in [2.05, 4.69) is 10.1 Å². The van der Waals surface area contributed by atoms with Crippen LogP contribution in [0.2, 0.25) is 0 Å². The number of halogens is 4. The molecule has 2 rings (SSSR count). The minimum atomic E-state index is -4.71. The Hall–Kier alpha value is -2.24. The Kier molecular flexibility index (Phi) is 4.35. The Balaban J connectivity index is 2.03. The van der Waals surface area contributed by atoms with E-state index >= 15 is 0 Å². The van der Waals surface area contributed by atoms with Gasteiger partial charge in [0.05, 0.1) is 0 Å². The van der Waals surface area contributed by atoms with Crippen LogP contribution in [0.1, 0.15) is 11.1 Å². The minimum Gasteiger partial charge on any atom is -0.406 e. The van der Waals surface area contributed by atoms with Crippen LogP contribution in [-0.4, -0.2) is 6.36 Å². The Morgan fingerprint density at radius 1 is 1.10 bits per heavy atom. The van der Waals surface area contributed by atoms with Gasteiger partial charge < -0.3 is 10.1 Å². The molecule has 0 atom stereocenters. The van der Waals surface area contributed by atoms with E-state index in [1.54, 1.807) is 25.1 Å². The monoisotopic (exact) mass is 299 g/mol. The van der Waals surface area contributed by atoms with Gasteiger partial charge in [0, 0.05) is 12.2 Å². The quantitative estimate of drug-likeness (QED) is 0.830. The van der Waals surface area contributed by atoms with Gasteiger partial charge >= 0.3 is 6.36 Å². The third-order valence-corrected chi connectivity index (χ3v) is 2.79. The molecule has 112 valence electrons. The molecule has 0 radical (unpaired) electrons. The van der Waals surface area contributed by atoms with Crippen molar-refractivity contribution in [3.63, 3.8) is 0 Å². The summed E-state index contributed by atoms with van der Waals surface area (Å²) in [6.45, 7) is 1.94. The first-order valence-corrected chi connectivity index (χ1v) is 6.18. The topological polar surface area (TPSA) is 21.3 Å². The molecule has 0 fully saturated rings. The first-order chi connectivity index (χ1) is 9.83. The molecular formula is C15H13F4NO. The van der Waals surface area contributed by atoms with E-state index < -0.39 is 6.36 Å². The zero-order chi connectivity index (χ0) is 15.5. The number of anilines is 1. The summed E-state index contributed by atoms with van der Waals surface area (Å²) in [4.78, 5) is 0. The fourth-order valence-corrected chi connectivity index (χ4v) is 1.81. The lowest BCUT2D eigenvalue weighted by Gasteiger charge is -2.11. The van der Waals surface area contributed by atoms with Crippen LogP contribution < -0.4 is 10.1 Å². The number of nitrogens with one attached hydrogen (secondary N) is 1. The predicted octanol–water partition coefficient (Wildman–Crippen LogP) is 4.64. The van der Waals surface area contributed by atoms with Crippen molar-refractivity contribution in [2.24, 2.45) is 0 Å². The molecule has 0 aliphatic heterocycles. The zero-order valence-corrected chi connectivity index (χ0v) is 11.2. The molecule has 6 heteroatoms. The third-order valence-electron chi connectivity index (χ3n) is 2.79. The standard InChI is InChI=1S/C15H13F4NO/c1-10-7-12(5-6-14(10)16)20-9-11-3-2-4-13(8-11)21-15(17,18)19/h2-8,20H,9H2,1H3. The SMILES string of the molecule is Cc1cc(NCc2cccc(OC(F)(F)F)c2)ccc1F. The van der Waals surface area contributed by atoms with Crippen LogP contribution >= 0.6 is 0 Å². The molecule has 0 heterocycles. The smallest absolute Gasteiger partial charge is 0.406 e. The summed E-state index contributed by atoms with van der Waals surface area (Å²) in [5.41, 5.74) is 1.81. The highest BCUT2D eigenvalue weighted by Crippen LogP contribution is 2.23. The van der Waals surface area contributed by atoms with Gasteiger partial charge in [0.1, 0.15) is 11.6 Å². The number of hydrogen-bond acceptors (Lipinski definition) is 2. The van der Waals surface area contributed by atoms with Crippen molar-refractivity contribution < 1.29 is 22.3 Å². The average Bonchev–Trinajstić information content (AvgIpc) is 2.39. The summed E-state index contributed by atoms with van der Waals surface area (Å²) in [6, 6.07) is 10.2. The van der Waals surface area contributed by atoms with Crippen molar-refractivity contribution in [3.05, 3.63) is 59.4 Å². The fourth-order valence-electron chi connectivity index (χ4n) is 1.81. The zero-order valence-electron chi connectivity index (χ0n) is 11.2. The van der Waals surface area contributed by atoms with E-state index in [0.717, 1.165) is 0 Å². The van der Waals surface area contributed by atoms with Crippen molar-refractivity contribution in [2.75, 3.05) is 5.32 Å². The van der Waals surface area contributed by atoms with Crippen LogP contribution in [-0.2, 0) is 6.54 Å². The maximum absolute atomic E-state index is 13.1. The van der Waals surface area contributed by atoms with Gasteiger partial charge in [-0.3, -0.25) is 0 Å². The number of rotatable bonds is 4. The van der Waals surface area contributed by atoms with Gasteiger partial charge in [0.25, 0.3) is 0 Å². The molecule has 2 aromatic rings. The van der Waals surface area contributed by atoms with Crippen molar-refractivity contribution in [3.8, 4) is 5.75 Å². The van der Waals surface area contributed by atoms with Gasteiger partial charge in [-0.2, -0.15) is 0 Å². The predicted molar refractivity (Wildman–Crippen MR) is 71.6 cm³/mol. The molecule has 0 saturated carbocycles. The molecule has 1 N–H and O–H groups in total. The highest BCUT2D eigenvalue weighted by atomic mass is 19.4. The van der Waals surface area contributed by atoms with Gasteiger partial charge in [-0.05, 0) is 48.4 Å². The van der Waals surface area contributed by atoms with E-state index in [-0.39, 0.29) is 11.6 Å². The van der Waals surface area contributed by atoms with Crippen LogP contribution in [0.5, 0.6) is 5.75 Å². The highest BCUT2D eigenvalue weighted by molar-refractivity contribution is 5.46. The lowest BCUT2D eigenvalue weighted by Crippen LogP contribution is -2.17. The van der Waals surface area contributed by atoms with Gasteiger partial charge in [0.2, 0.25) is 0 Å². The Morgan fingerprint density at radius 3 is 2.52 bits per heavy atom. The molecule has 2 nitrogen and oxygen atoms in total. The normalized spacial score (nSPS) is 11.3. The van der Waals surface area contributed by atoms with Crippen molar-refractivity contribution in [1.82, 2.24) is 0 Å². The van der Waals surface area contributed by atoms with Crippen molar-refractivity contribution >= 4 is 5.69 Å². The summed E-state index contributed by atoms with van der Waals surface area (Å²) in [7, 11) is 0. The van der Waals surface area contributed by atoms with Crippen molar-refractivity contribution in [2.45, 2.75) is 19.8 Å². The second-order valence-corrected chi connectivity index (χ2v) is 4.51. The lowest BCUT2D eigenvalue weighted by molar-refractivity contribution is -0.274. The number of ether oxygens (including phenoxy) is 1. The van der Waals surface area contributed by atoms with E-state index in [9.17, 15) is 17.6 Å². The van der Waals surface area contributed by atoms with Crippen LogP contribution in [0.3, 0.4) is 0 Å². The molecule has 2 aromatic carbocycles. The molecule has 0 bridgehead atoms. The van der Waals surface area contributed by atoms with Gasteiger partial charge in [-0.25, -0.2) is 4.39 Å². The van der Waals surface area contributed by atoms with E-state index in [1.807, 2.05) is 0 Å². The maximum Gasteiger partial charge on any atom is 0.573 e. The van der Waals surface area contributed by atoms with Gasteiger partial charge in [-0.15, -0.1) is 13.2 Å². The Morgan fingerprint density at radius 2 is 1.86 bits per heavy atom. The molecule has 0 unspecified atom stereocenters. The van der Waals surface area contributed by atoms with Crippen LogP contribution in [0.15, 0.2) is 42.5 Å². The molecule has 0 aliphatic carbocycles. The largest absolute Gasteiger partial charge is 0.573 e. The highest BCUT2D eigenvalue weighted by Gasteiger charge is 2.31. The molecule has 0 amide bonds.